The molecule has 1 atom stereocenters. The number of likely N-dealkylation sites (tertiary alicyclic amines) is 1. The number of hydrogen-bond acceptors (Lipinski definition) is 6. The van der Waals surface area contributed by atoms with Gasteiger partial charge in [0.15, 0.2) is 0 Å². The molecule has 22 heavy (non-hydrogen) atoms. The van der Waals surface area contributed by atoms with Crippen LogP contribution in [0, 0.1) is 0 Å². The Morgan fingerprint density at radius 1 is 1.41 bits per heavy atom. The van der Waals surface area contributed by atoms with Crippen LogP contribution in [0.25, 0.3) is 0 Å². The van der Waals surface area contributed by atoms with Crippen molar-refractivity contribution < 1.29 is 4.79 Å². The van der Waals surface area contributed by atoms with Crippen molar-refractivity contribution in [1.82, 2.24) is 25.2 Å². The van der Waals surface area contributed by atoms with Crippen molar-refractivity contribution in [3.63, 3.8) is 0 Å². The van der Waals surface area contributed by atoms with Gasteiger partial charge in [0.2, 0.25) is 5.91 Å². The number of carbonyl (C=O) groups excluding carboxylic acids is 1. The Morgan fingerprint density at radius 3 is 3.09 bits per heavy atom. The maximum atomic E-state index is 11.0. The summed E-state index contributed by atoms with van der Waals surface area (Å²) in [7, 11) is 0. The minimum Gasteiger partial charge on any atom is -0.351 e. The predicted octanol–water partition coefficient (Wildman–Crippen LogP) is 1.91. The number of nitrogens with zero attached hydrogens (tertiary/aromatic N) is 4. The van der Waals surface area contributed by atoms with E-state index in [1.165, 1.54) is 18.2 Å². The summed E-state index contributed by atoms with van der Waals surface area (Å²) in [6.07, 6.45) is 7.74. The highest BCUT2D eigenvalue weighted by atomic mass is 32.1. The maximum Gasteiger partial charge on any atom is 0.217 e. The van der Waals surface area contributed by atoms with Gasteiger partial charge in [-0.15, -0.1) is 11.3 Å². The van der Waals surface area contributed by atoms with E-state index in [0.29, 0.717) is 12.6 Å². The fourth-order valence-corrected chi connectivity index (χ4v) is 3.37. The first-order valence-corrected chi connectivity index (χ1v) is 8.27. The van der Waals surface area contributed by atoms with Gasteiger partial charge in [0.25, 0.3) is 0 Å². The van der Waals surface area contributed by atoms with Gasteiger partial charge in [-0.2, -0.15) is 0 Å². The molecular formula is C15H19N5OS. The van der Waals surface area contributed by atoms with Crippen LogP contribution in [-0.2, 0) is 17.9 Å². The smallest absolute Gasteiger partial charge is 0.217 e. The van der Waals surface area contributed by atoms with Crippen LogP contribution >= 0.6 is 11.3 Å². The number of thiazole rings is 1. The van der Waals surface area contributed by atoms with E-state index in [4.69, 9.17) is 0 Å². The fourth-order valence-electron chi connectivity index (χ4n) is 2.75. The standard InChI is InChI=1S/C15H19N5OS/c1-11(21)18-6-12-5-16-8-14(19-12)15-3-2-4-20(15)9-13-7-17-10-22-13/h5,7-8,10,15H,2-4,6,9H2,1H3,(H,18,21). The Labute approximate surface area is 133 Å². The van der Waals surface area contributed by atoms with Gasteiger partial charge in [-0.3, -0.25) is 24.6 Å². The Balaban J connectivity index is 1.71. The Hall–Kier alpha value is -1.86. The van der Waals surface area contributed by atoms with Crippen LogP contribution in [0.1, 0.15) is 42.1 Å². The summed E-state index contributed by atoms with van der Waals surface area (Å²) in [6, 6.07) is 0.298. The summed E-state index contributed by atoms with van der Waals surface area (Å²) in [5, 5.41) is 2.77. The van der Waals surface area contributed by atoms with E-state index in [2.05, 4.69) is 25.2 Å². The van der Waals surface area contributed by atoms with Crippen molar-refractivity contribution >= 4 is 17.2 Å². The Bertz CT molecular complexity index is 631. The summed E-state index contributed by atoms with van der Waals surface area (Å²) in [5.41, 5.74) is 3.66. The molecule has 2 aromatic heterocycles. The second-order valence-corrected chi connectivity index (χ2v) is 6.41. The summed E-state index contributed by atoms with van der Waals surface area (Å²) >= 11 is 1.69. The van der Waals surface area contributed by atoms with E-state index >= 15 is 0 Å². The SMILES string of the molecule is CC(=O)NCc1cncc(C2CCCN2Cc2cncs2)n1. The number of carbonyl (C=O) groups is 1. The van der Waals surface area contributed by atoms with Crippen LogP contribution in [0.5, 0.6) is 0 Å². The molecule has 1 fully saturated rings. The quantitative estimate of drug-likeness (QED) is 0.912. The average Bonchev–Trinajstić information content (AvgIpc) is 3.18. The molecule has 0 radical (unpaired) electrons. The molecule has 3 heterocycles. The van der Waals surface area contributed by atoms with Gasteiger partial charge in [0, 0.05) is 24.5 Å². The largest absolute Gasteiger partial charge is 0.351 e. The topological polar surface area (TPSA) is 71.0 Å². The summed E-state index contributed by atoms with van der Waals surface area (Å²) in [4.78, 5) is 27.8. The van der Waals surface area contributed by atoms with E-state index in [9.17, 15) is 4.79 Å². The number of rotatable bonds is 5. The molecule has 2 aromatic rings. The first-order valence-electron chi connectivity index (χ1n) is 7.39. The molecule has 1 saturated heterocycles. The number of amides is 1. The van der Waals surface area contributed by atoms with Crippen LogP contribution in [0.4, 0.5) is 0 Å². The summed E-state index contributed by atoms with van der Waals surface area (Å²) < 4.78 is 0. The molecule has 3 rings (SSSR count). The molecule has 0 saturated carbocycles. The lowest BCUT2D eigenvalue weighted by Gasteiger charge is -2.23. The van der Waals surface area contributed by atoms with Gasteiger partial charge in [-0.05, 0) is 19.4 Å². The number of aromatic nitrogens is 3. The lowest BCUT2D eigenvalue weighted by Crippen LogP contribution is -2.24. The van der Waals surface area contributed by atoms with Crippen LogP contribution < -0.4 is 5.32 Å². The first kappa shape index (κ1) is 15.1. The highest BCUT2D eigenvalue weighted by Crippen LogP contribution is 2.32. The van der Waals surface area contributed by atoms with Gasteiger partial charge in [0.1, 0.15) is 0 Å². The van der Waals surface area contributed by atoms with Gasteiger partial charge in [-0.25, -0.2) is 0 Å². The molecule has 0 spiro atoms. The minimum atomic E-state index is -0.0557. The number of hydrogen-bond donors (Lipinski definition) is 1. The average molecular weight is 317 g/mol. The molecule has 1 amide bonds. The molecule has 1 unspecified atom stereocenters. The molecule has 0 aliphatic carbocycles. The van der Waals surface area contributed by atoms with E-state index in [0.717, 1.165) is 30.9 Å². The van der Waals surface area contributed by atoms with Crippen molar-refractivity contribution in [2.75, 3.05) is 6.54 Å². The van der Waals surface area contributed by atoms with Crippen molar-refractivity contribution in [2.45, 2.75) is 38.9 Å². The van der Waals surface area contributed by atoms with Gasteiger partial charge >= 0.3 is 0 Å². The van der Waals surface area contributed by atoms with Crippen molar-refractivity contribution in [3.8, 4) is 0 Å². The van der Waals surface area contributed by atoms with E-state index in [1.807, 2.05) is 17.9 Å². The van der Waals surface area contributed by atoms with Gasteiger partial charge in [-0.1, -0.05) is 0 Å². The van der Waals surface area contributed by atoms with E-state index in [-0.39, 0.29) is 5.91 Å². The van der Waals surface area contributed by atoms with Crippen LogP contribution in [0.15, 0.2) is 24.1 Å². The monoisotopic (exact) mass is 317 g/mol. The molecule has 116 valence electrons. The predicted molar refractivity (Wildman–Crippen MR) is 84.1 cm³/mol. The Kier molecular flexibility index (Phi) is 4.74. The minimum absolute atomic E-state index is 0.0557. The molecule has 0 aromatic carbocycles. The van der Waals surface area contributed by atoms with Gasteiger partial charge in [0.05, 0.1) is 41.9 Å². The van der Waals surface area contributed by atoms with Crippen molar-refractivity contribution in [3.05, 3.63) is 40.4 Å². The third-order valence-corrected chi connectivity index (χ3v) is 4.53. The molecule has 1 aliphatic heterocycles. The van der Waals surface area contributed by atoms with Crippen molar-refractivity contribution in [2.24, 2.45) is 0 Å². The third-order valence-electron chi connectivity index (χ3n) is 3.77. The maximum absolute atomic E-state index is 11.0. The fraction of sp³-hybridized carbons (Fsp3) is 0.467. The second-order valence-electron chi connectivity index (χ2n) is 5.44. The zero-order valence-electron chi connectivity index (χ0n) is 12.5. The van der Waals surface area contributed by atoms with Crippen LogP contribution in [0.3, 0.4) is 0 Å². The van der Waals surface area contributed by atoms with E-state index in [1.54, 1.807) is 17.5 Å². The molecule has 1 aliphatic rings. The molecule has 7 heteroatoms. The highest BCUT2D eigenvalue weighted by Gasteiger charge is 2.27. The van der Waals surface area contributed by atoms with Crippen LogP contribution in [-0.4, -0.2) is 32.3 Å². The highest BCUT2D eigenvalue weighted by molar-refractivity contribution is 7.09. The number of nitrogens with one attached hydrogen (secondary N) is 1. The summed E-state index contributed by atoms with van der Waals surface area (Å²) in [5.74, 6) is -0.0557. The molecular weight excluding hydrogens is 298 g/mol. The lowest BCUT2D eigenvalue weighted by atomic mass is 10.1. The summed E-state index contributed by atoms with van der Waals surface area (Å²) in [6.45, 7) is 3.91. The zero-order valence-corrected chi connectivity index (χ0v) is 13.3. The first-order chi connectivity index (χ1) is 10.7. The normalized spacial score (nSPS) is 18.5. The van der Waals surface area contributed by atoms with E-state index < -0.39 is 0 Å². The zero-order chi connectivity index (χ0) is 15.4. The second kappa shape index (κ2) is 6.93. The molecule has 6 nitrogen and oxygen atoms in total. The van der Waals surface area contributed by atoms with Gasteiger partial charge < -0.3 is 5.32 Å². The van der Waals surface area contributed by atoms with Crippen molar-refractivity contribution in [1.29, 1.82) is 0 Å². The third kappa shape index (κ3) is 3.66. The van der Waals surface area contributed by atoms with Crippen LogP contribution in [0.2, 0.25) is 0 Å². The lowest BCUT2D eigenvalue weighted by molar-refractivity contribution is -0.119. The molecule has 1 N–H and O–H groups in total. The molecule has 0 bridgehead atoms. The Morgan fingerprint density at radius 2 is 2.32 bits per heavy atom.